The molecule has 2 heterocycles. The molecule has 0 aliphatic carbocycles. The molecule has 2 rings (SSSR count). The van der Waals surface area contributed by atoms with Gasteiger partial charge in [-0.3, -0.25) is 4.79 Å². The number of Topliss-reactive ketones (excluding diaryl/α,β-unsaturated/α-hetero) is 1. The van der Waals surface area contributed by atoms with Crippen molar-refractivity contribution in [3.63, 3.8) is 0 Å². The van der Waals surface area contributed by atoms with Crippen molar-refractivity contribution in [2.75, 3.05) is 13.1 Å². The molecule has 1 saturated heterocycles. The number of nitrogens with zero attached hydrogens (tertiary/aromatic N) is 1. The number of hydrogen-bond donors (Lipinski definition) is 1. The highest BCUT2D eigenvalue weighted by molar-refractivity contribution is 7.09. The first-order chi connectivity index (χ1) is 7.74. The first kappa shape index (κ1) is 11.7. The molecule has 4 heteroatoms. The molecule has 0 saturated carbocycles. The number of carbonyl (C=O) groups excluding carboxylic acids is 1. The van der Waals surface area contributed by atoms with Crippen LogP contribution >= 0.6 is 11.3 Å². The number of rotatable bonds is 4. The van der Waals surface area contributed by atoms with Gasteiger partial charge in [0.1, 0.15) is 10.8 Å². The van der Waals surface area contributed by atoms with E-state index in [-0.39, 0.29) is 0 Å². The number of hydrogen-bond acceptors (Lipinski definition) is 4. The molecule has 1 N–H and O–H groups in total. The largest absolute Gasteiger partial charge is 0.316 e. The Labute approximate surface area is 100 Å². The molecule has 1 aliphatic rings. The zero-order chi connectivity index (χ0) is 11.4. The third-order valence-electron chi connectivity index (χ3n) is 2.93. The summed E-state index contributed by atoms with van der Waals surface area (Å²) in [7, 11) is 0. The van der Waals surface area contributed by atoms with Crippen molar-refractivity contribution in [2.45, 2.75) is 32.6 Å². The molecule has 0 spiro atoms. The molecule has 0 aromatic carbocycles. The lowest BCUT2D eigenvalue weighted by Crippen LogP contribution is -2.31. The second-order valence-electron chi connectivity index (χ2n) is 4.51. The quantitative estimate of drug-likeness (QED) is 0.872. The van der Waals surface area contributed by atoms with Crippen LogP contribution in [0.25, 0.3) is 0 Å². The van der Waals surface area contributed by atoms with Crippen LogP contribution in [0.1, 0.15) is 30.0 Å². The van der Waals surface area contributed by atoms with E-state index in [1.807, 2.05) is 12.3 Å². The summed E-state index contributed by atoms with van der Waals surface area (Å²) >= 11 is 1.59. The van der Waals surface area contributed by atoms with Gasteiger partial charge in [-0.15, -0.1) is 11.3 Å². The fourth-order valence-corrected chi connectivity index (χ4v) is 2.95. The summed E-state index contributed by atoms with van der Waals surface area (Å²) in [6.07, 6.45) is 3.63. The van der Waals surface area contributed by atoms with Crippen LogP contribution in [-0.2, 0) is 11.2 Å². The van der Waals surface area contributed by atoms with Crippen LogP contribution in [0.15, 0.2) is 5.38 Å². The van der Waals surface area contributed by atoms with Gasteiger partial charge in [-0.25, -0.2) is 4.98 Å². The number of aryl methyl sites for hydroxylation is 1. The normalized spacial score (nSPS) is 20.9. The van der Waals surface area contributed by atoms with Crippen molar-refractivity contribution in [3.05, 3.63) is 16.1 Å². The molecule has 1 unspecified atom stereocenters. The summed E-state index contributed by atoms with van der Waals surface area (Å²) in [5, 5.41) is 6.31. The van der Waals surface area contributed by atoms with Crippen molar-refractivity contribution in [1.82, 2.24) is 10.3 Å². The molecule has 16 heavy (non-hydrogen) atoms. The van der Waals surface area contributed by atoms with Gasteiger partial charge in [0.15, 0.2) is 0 Å². The lowest BCUT2D eigenvalue weighted by atomic mass is 9.93. The van der Waals surface area contributed by atoms with Crippen molar-refractivity contribution >= 4 is 17.1 Å². The topological polar surface area (TPSA) is 42.0 Å². The van der Waals surface area contributed by atoms with Crippen LogP contribution in [0.5, 0.6) is 0 Å². The van der Waals surface area contributed by atoms with Crippen LogP contribution in [0.2, 0.25) is 0 Å². The molecule has 1 aromatic heterocycles. The van der Waals surface area contributed by atoms with Gasteiger partial charge in [-0.2, -0.15) is 0 Å². The Kier molecular flexibility index (Phi) is 4.07. The van der Waals surface area contributed by atoms with Crippen LogP contribution in [0, 0.1) is 12.8 Å². The van der Waals surface area contributed by atoms with E-state index < -0.39 is 0 Å². The Bertz CT molecular complexity index is 356. The number of aromatic nitrogens is 1. The molecule has 1 fully saturated rings. The number of piperidine rings is 1. The minimum Gasteiger partial charge on any atom is -0.316 e. The van der Waals surface area contributed by atoms with Crippen LogP contribution < -0.4 is 5.32 Å². The number of ketones is 1. The van der Waals surface area contributed by atoms with E-state index in [4.69, 9.17) is 0 Å². The van der Waals surface area contributed by atoms with E-state index in [1.165, 1.54) is 12.8 Å². The molecular formula is C12H18N2OS. The van der Waals surface area contributed by atoms with E-state index in [0.717, 1.165) is 23.8 Å². The Hall–Kier alpha value is -0.740. The molecule has 1 atom stereocenters. The highest BCUT2D eigenvalue weighted by Gasteiger charge is 2.17. The Morgan fingerprint density at radius 3 is 3.19 bits per heavy atom. The Balaban J connectivity index is 1.79. The summed E-state index contributed by atoms with van der Waals surface area (Å²) in [6, 6.07) is 0. The van der Waals surface area contributed by atoms with Gasteiger partial charge in [0, 0.05) is 17.5 Å². The fourth-order valence-electron chi connectivity index (χ4n) is 2.14. The first-order valence-corrected chi connectivity index (χ1v) is 6.75. The van der Waals surface area contributed by atoms with Gasteiger partial charge >= 0.3 is 0 Å². The van der Waals surface area contributed by atoms with E-state index >= 15 is 0 Å². The van der Waals surface area contributed by atoms with Crippen LogP contribution in [0.3, 0.4) is 0 Å². The van der Waals surface area contributed by atoms with Gasteiger partial charge in [0.2, 0.25) is 0 Å². The number of nitrogens with one attached hydrogen (secondary N) is 1. The maximum Gasteiger partial charge on any atom is 0.140 e. The molecule has 0 amide bonds. The van der Waals surface area contributed by atoms with E-state index in [0.29, 0.717) is 24.5 Å². The zero-order valence-corrected chi connectivity index (χ0v) is 10.5. The van der Waals surface area contributed by atoms with Crippen molar-refractivity contribution < 1.29 is 4.79 Å². The highest BCUT2D eigenvalue weighted by atomic mass is 32.1. The summed E-state index contributed by atoms with van der Waals surface area (Å²) in [6.45, 7) is 4.08. The smallest absolute Gasteiger partial charge is 0.140 e. The average molecular weight is 238 g/mol. The second kappa shape index (κ2) is 5.55. The predicted octanol–water partition coefficient (Wildman–Crippen LogP) is 1.95. The average Bonchev–Trinajstić information content (AvgIpc) is 2.65. The molecule has 0 bridgehead atoms. The van der Waals surface area contributed by atoms with Crippen molar-refractivity contribution in [3.8, 4) is 0 Å². The van der Waals surface area contributed by atoms with Crippen molar-refractivity contribution in [1.29, 1.82) is 0 Å². The maximum atomic E-state index is 11.8. The number of thiazole rings is 1. The summed E-state index contributed by atoms with van der Waals surface area (Å²) < 4.78 is 0. The Morgan fingerprint density at radius 1 is 1.69 bits per heavy atom. The fraction of sp³-hybridized carbons (Fsp3) is 0.667. The van der Waals surface area contributed by atoms with Gasteiger partial charge in [-0.05, 0) is 38.8 Å². The first-order valence-electron chi connectivity index (χ1n) is 5.87. The lowest BCUT2D eigenvalue weighted by Gasteiger charge is -2.21. The van der Waals surface area contributed by atoms with Gasteiger partial charge in [-0.1, -0.05) is 0 Å². The molecule has 0 radical (unpaired) electrons. The number of carbonyl (C=O) groups is 1. The van der Waals surface area contributed by atoms with Crippen molar-refractivity contribution in [2.24, 2.45) is 5.92 Å². The van der Waals surface area contributed by atoms with E-state index in [9.17, 15) is 4.79 Å². The predicted molar refractivity (Wildman–Crippen MR) is 65.8 cm³/mol. The third kappa shape index (κ3) is 3.39. The maximum absolute atomic E-state index is 11.8. The summed E-state index contributed by atoms with van der Waals surface area (Å²) in [5.74, 6) is 0.880. The molecule has 3 nitrogen and oxygen atoms in total. The Morgan fingerprint density at radius 2 is 2.56 bits per heavy atom. The summed E-state index contributed by atoms with van der Waals surface area (Å²) in [4.78, 5) is 16.2. The van der Waals surface area contributed by atoms with Crippen LogP contribution in [-0.4, -0.2) is 23.9 Å². The highest BCUT2D eigenvalue weighted by Crippen LogP contribution is 2.17. The van der Waals surface area contributed by atoms with Gasteiger partial charge < -0.3 is 5.32 Å². The molecule has 88 valence electrons. The minimum atomic E-state index is 0.336. The minimum absolute atomic E-state index is 0.336. The van der Waals surface area contributed by atoms with Gasteiger partial charge in [0.05, 0.1) is 6.42 Å². The van der Waals surface area contributed by atoms with E-state index in [2.05, 4.69) is 10.3 Å². The monoisotopic (exact) mass is 238 g/mol. The standard InChI is InChI=1S/C12H18N2OS/c1-9-8-16-12(14-9)6-11(15)5-10-3-2-4-13-7-10/h8,10,13H,2-7H2,1H3. The second-order valence-corrected chi connectivity index (χ2v) is 5.46. The summed E-state index contributed by atoms with van der Waals surface area (Å²) in [5.41, 5.74) is 1.02. The third-order valence-corrected chi connectivity index (χ3v) is 3.90. The zero-order valence-electron chi connectivity index (χ0n) is 9.66. The molecular weight excluding hydrogens is 220 g/mol. The van der Waals surface area contributed by atoms with Gasteiger partial charge in [0.25, 0.3) is 0 Å². The molecule has 1 aliphatic heterocycles. The molecule has 1 aromatic rings. The lowest BCUT2D eigenvalue weighted by molar-refractivity contribution is -0.119. The van der Waals surface area contributed by atoms with E-state index in [1.54, 1.807) is 11.3 Å². The SMILES string of the molecule is Cc1csc(CC(=O)CC2CCCNC2)n1. The van der Waals surface area contributed by atoms with Crippen LogP contribution in [0.4, 0.5) is 0 Å².